The molecule has 0 spiro atoms. The first-order valence-corrected chi connectivity index (χ1v) is 5.75. The fraction of sp³-hybridized carbons (Fsp3) is 0.154. The number of nitrogens with zero attached hydrogens (tertiary/aromatic N) is 2. The van der Waals surface area contributed by atoms with Crippen LogP contribution in [0.3, 0.4) is 0 Å². The smallest absolute Gasteiger partial charge is 0.311 e. The van der Waals surface area contributed by atoms with E-state index in [0.29, 0.717) is 11.1 Å². The summed E-state index contributed by atoms with van der Waals surface area (Å²) in [5, 5.41) is 13.6. The number of rotatable bonds is 4. The highest BCUT2D eigenvalue weighted by Crippen LogP contribution is 2.23. The summed E-state index contributed by atoms with van der Waals surface area (Å²) in [5.41, 5.74) is 0.806. The van der Waals surface area contributed by atoms with Gasteiger partial charge in [0.1, 0.15) is 11.6 Å². The van der Waals surface area contributed by atoms with Crippen molar-refractivity contribution in [1.29, 1.82) is 0 Å². The largest absolute Gasteiger partial charge is 0.360 e. The van der Waals surface area contributed by atoms with Crippen molar-refractivity contribution in [3.8, 4) is 0 Å². The number of nitro groups is 1. The van der Waals surface area contributed by atoms with Gasteiger partial charge in [-0.2, -0.15) is 0 Å². The molecule has 0 bridgehead atoms. The first-order chi connectivity index (χ1) is 9.45. The van der Waals surface area contributed by atoms with E-state index < -0.39 is 16.6 Å². The Morgan fingerprint density at radius 2 is 1.90 bits per heavy atom. The molecule has 0 saturated carbocycles. The Bertz CT molecular complexity index is 642. The predicted octanol–water partition coefficient (Wildman–Crippen LogP) is 3.19. The Morgan fingerprint density at radius 1 is 1.25 bits per heavy atom. The summed E-state index contributed by atoms with van der Waals surface area (Å²) < 4.78 is 26.0. The molecule has 1 aromatic carbocycles. The lowest BCUT2D eigenvalue weighted by Gasteiger charge is -2.07. The molecule has 0 atom stereocenters. The van der Waals surface area contributed by atoms with Crippen molar-refractivity contribution in [3.05, 3.63) is 63.3 Å². The summed E-state index contributed by atoms with van der Waals surface area (Å²) in [5.74, 6) is -1.34. The van der Waals surface area contributed by atoms with Gasteiger partial charge in [0.2, 0.25) is 5.82 Å². The zero-order valence-corrected chi connectivity index (χ0v) is 10.6. The van der Waals surface area contributed by atoms with Crippen LogP contribution in [0.15, 0.2) is 30.5 Å². The molecule has 0 saturated heterocycles. The summed E-state index contributed by atoms with van der Waals surface area (Å²) in [6, 6.07) is 4.43. The lowest BCUT2D eigenvalue weighted by atomic mass is 10.2. The van der Waals surface area contributed by atoms with Crippen LogP contribution in [0.4, 0.5) is 20.3 Å². The molecule has 0 aliphatic carbocycles. The Hall–Kier alpha value is -2.57. The normalized spacial score (nSPS) is 10.3. The molecule has 0 aliphatic heterocycles. The highest BCUT2D eigenvalue weighted by molar-refractivity contribution is 5.56. The van der Waals surface area contributed by atoms with E-state index in [9.17, 15) is 18.9 Å². The average molecular weight is 279 g/mol. The van der Waals surface area contributed by atoms with Crippen molar-refractivity contribution in [2.75, 3.05) is 5.32 Å². The van der Waals surface area contributed by atoms with Gasteiger partial charge in [0, 0.05) is 24.9 Å². The van der Waals surface area contributed by atoms with Crippen LogP contribution >= 0.6 is 0 Å². The molecule has 1 N–H and O–H groups in total. The van der Waals surface area contributed by atoms with Gasteiger partial charge in [0.15, 0.2) is 0 Å². The summed E-state index contributed by atoms with van der Waals surface area (Å²) >= 11 is 0. The number of hydrogen-bond donors (Lipinski definition) is 1. The average Bonchev–Trinajstić information content (AvgIpc) is 2.36. The molecule has 1 heterocycles. The quantitative estimate of drug-likeness (QED) is 0.689. The Morgan fingerprint density at radius 3 is 2.50 bits per heavy atom. The molecule has 0 radical (unpaired) electrons. The molecule has 2 aromatic rings. The molecular weight excluding hydrogens is 268 g/mol. The number of pyridine rings is 1. The first kappa shape index (κ1) is 13.9. The second kappa shape index (κ2) is 5.60. The number of nitrogens with one attached hydrogen (secondary N) is 1. The van der Waals surface area contributed by atoms with Crippen LogP contribution in [-0.4, -0.2) is 9.91 Å². The SMILES string of the molecule is Cc1cnc(NCc2cc(F)cc(F)c2)c([N+](=O)[O-])c1. The van der Waals surface area contributed by atoms with Crippen LogP contribution in [0.2, 0.25) is 0 Å². The monoisotopic (exact) mass is 279 g/mol. The maximum absolute atomic E-state index is 13.0. The molecule has 7 heteroatoms. The summed E-state index contributed by atoms with van der Waals surface area (Å²) in [6.45, 7) is 1.72. The molecule has 0 amide bonds. The second-order valence-corrected chi connectivity index (χ2v) is 4.27. The van der Waals surface area contributed by atoms with Gasteiger partial charge in [-0.05, 0) is 30.2 Å². The Kier molecular flexibility index (Phi) is 3.88. The third-order valence-electron chi connectivity index (χ3n) is 2.58. The van der Waals surface area contributed by atoms with Crippen molar-refractivity contribution < 1.29 is 13.7 Å². The van der Waals surface area contributed by atoms with Gasteiger partial charge in [0.25, 0.3) is 0 Å². The van der Waals surface area contributed by atoms with E-state index >= 15 is 0 Å². The molecule has 20 heavy (non-hydrogen) atoms. The van der Waals surface area contributed by atoms with E-state index in [1.807, 2.05) is 0 Å². The van der Waals surface area contributed by atoms with E-state index in [0.717, 1.165) is 18.2 Å². The summed E-state index contributed by atoms with van der Waals surface area (Å²) in [6.07, 6.45) is 1.47. The van der Waals surface area contributed by atoms with E-state index in [2.05, 4.69) is 10.3 Å². The van der Waals surface area contributed by atoms with E-state index in [4.69, 9.17) is 0 Å². The third-order valence-corrected chi connectivity index (χ3v) is 2.58. The second-order valence-electron chi connectivity index (χ2n) is 4.27. The van der Waals surface area contributed by atoms with Crippen LogP contribution in [0.25, 0.3) is 0 Å². The molecule has 0 unspecified atom stereocenters. The lowest BCUT2D eigenvalue weighted by Crippen LogP contribution is -2.05. The Labute approximate surface area is 113 Å². The van der Waals surface area contributed by atoms with Gasteiger partial charge in [-0.15, -0.1) is 0 Å². The number of aryl methyl sites for hydroxylation is 1. The van der Waals surface area contributed by atoms with Crippen LogP contribution in [0.1, 0.15) is 11.1 Å². The van der Waals surface area contributed by atoms with Gasteiger partial charge in [0.05, 0.1) is 4.92 Å². The maximum atomic E-state index is 13.0. The fourth-order valence-corrected chi connectivity index (χ4v) is 1.73. The first-order valence-electron chi connectivity index (χ1n) is 5.75. The minimum absolute atomic E-state index is 0.0333. The minimum atomic E-state index is -0.701. The molecule has 0 aliphatic rings. The molecule has 2 rings (SSSR count). The van der Waals surface area contributed by atoms with Crippen molar-refractivity contribution in [2.45, 2.75) is 13.5 Å². The third kappa shape index (κ3) is 3.25. The predicted molar refractivity (Wildman–Crippen MR) is 69.3 cm³/mol. The number of aromatic nitrogens is 1. The lowest BCUT2D eigenvalue weighted by molar-refractivity contribution is -0.384. The van der Waals surface area contributed by atoms with Gasteiger partial charge in [-0.3, -0.25) is 10.1 Å². The topological polar surface area (TPSA) is 68.1 Å². The maximum Gasteiger partial charge on any atom is 0.311 e. The summed E-state index contributed by atoms with van der Waals surface area (Å²) in [7, 11) is 0. The molecular formula is C13H11F2N3O2. The van der Waals surface area contributed by atoms with Crippen molar-refractivity contribution in [2.24, 2.45) is 0 Å². The zero-order chi connectivity index (χ0) is 14.7. The Balaban J connectivity index is 2.20. The van der Waals surface area contributed by atoms with Gasteiger partial charge in [-0.25, -0.2) is 13.8 Å². The van der Waals surface area contributed by atoms with Crippen LogP contribution in [0, 0.1) is 28.7 Å². The number of benzene rings is 1. The summed E-state index contributed by atoms with van der Waals surface area (Å²) in [4.78, 5) is 14.3. The molecule has 5 nitrogen and oxygen atoms in total. The zero-order valence-electron chi connectivity index (χ0n) is 10.6. The van der Waals surface area contributed by atoms with Crippen LogP contribution < -0.4 is 5.32 Å². The van der Waals surface area contributed by atoms with Gasteiger partial charge >= 0.3 is 5.69 Å². The number of halogens is 2. The number of anilines is 1. The van der Waals surface area contributed by atoms with Crippen LogP contribution in [-0.2, 0) is 6.54 Å². The van der Waals surface area contributed by atoms with Crippen molar-refractivity contribution in [1.82, 2.24) is 4.98 Å². The molecule has 104 valence electrons. The van der Waals surface area contributed by atoms with Gasteiger partial charge < -0.3 is 5.32 Å². The number of hydrogen-bond acceptors (Lipinski definition) is 4. The molecule has 0 fully saturated rings. The van der Waals surface area contributed by atoms with Crippen molar-refractivity contribution in [3.63, 3.8) is 0 Å². The standard InChI is InChI=1S/C13H11F2N3O2/c1-8-2-12(18(19)20)13(16-6-8)17-7-9-3-10(14)5-11(15)4-9/h2-6H,7H2,1H3,(H,16,17). The highest BCUT2D eigenvalue weighted by Gasteiger charge is 2.15. The van der Waals surface area contributed by atoms with Crippen molar-refractivity contribution >= 4 is 11.5 Å². The minimum Gasteiger partial charge on any atom is -0.360 e. The highest BCUT2D eigenvalue weighted by atomic mass is 19.1. The van der Waals surface area contributed by atoms with Crippen LogP contribution in [0.5, 0.6) is 0 Å². The van der Waals surface area contributed by atoms with E-state index in [-0.39, 0.29) is 18.1 Å². The van der Waals surface area contributed by atoms with Gasteiger partial charge in [-0.1, -0.05) is 0 Å². The van der Waals surface area contributed by atoms with E-state index in [1.54, 1.807) is 6.92 Å². The van der Waals surface area contributed by atoms with E-state index in [1.165, 1.54) is 12.3 Å². The fourth-order valence-electron chi connectivity index (χ4n) is 1.73. The molecule has 1 aromatic heterocycles.